The third-order valence-electron chi connectivity index (χ3n) is 3.81. The molecule has 1 aromatic carbocycles. The van der Waals surface area contributed by atoms with Crippen LogP contribution in [0.1, 0.15) is 38.5 Å². The third kappa shape index (κ3) is 5.11. The maximum Gasteiger partial charge on any atom is 0.220 e. The average molecular weight is 276 g/mol. The fourth-order valence-corrected chi connectivity index (χ4v) is 2.69. The second kappa shape index (κ2) is 7.78. The Morgan fingerprint density at radius 3 is 2.90 bits per heavy atom. The van der Waals surface area contributed by atoms with E-state index in [0.29, 0.717) is 25.3 Å². The van der Waals surface area contributed by atoms with Crippen molar-refractivity contribution in [1.29, 1.82) is 0 Å². The van der Waals surface area contributed by atoms with Crippen LogP contribution in [0.25, 0.3) is 0 Å². The maximum atomic E-state index is 11.7. The molecule has 0 atom stereocenters. The van der Waals surface area contributed by atoms with Gasteiger partial charge in [0.2, 0.25) is 5.91 Å². The second-order valence-electron chi connectivity index (χ2n) is 5.46. The van der Waals surface area contributed by atoms with Gasteiger partial charge in [0.1, 0.15) is 12.4 Å². The van der Waals surface area contributed by atoms with Gasteiger partial charge < -0.3 is 15.8 Å². The molecule has 1 aliphatic rings. The summed E-state index contributed by atoms with van der Waals surface area (Å²) in [4.78, 5) is 11.7. The van der Waals surface area contributed by atoms with Gasteiger partial charge in [-0.1, -0.05) is 31.7 Å². The van der Waals surface area contributed by atoms with Crippen LogP contribution in [0, 0.1) is 5.92 Å². The first-order chi connectivity index (χ1) is 9.74. The summed E-state index contributed by atoms with van der Waals surface area (Å²) in [5, 5.41) is 2.90. The molecule has 0 saturated heterocycles. The lowest BCUT2D eigenvalue weighted by Gasteiger charge is -2.10. The molecule has 0 radical (unpaired) electrons. The van der Waals surface area contributed by atoms with Crippen molar-refractivity contribution in [3.8, 4) is 5.75 Å². The highest BCUT2D eigenvalue weighted by atomic mass is 16.5. The summed E-state index contributed by atoms with van der Waals surface area (Å²) in [7, 11) is 0. The van der Waals surface area contributed by atoms with E-state index in [0.717, 1.165) is 18.1 Å². The zero-order chi connectivity index (χ0) is 14.2. The highest BCUT2D eigenvalue weighted by Crippen LogP contribution is 2.28. The number of nitrogen functional groups attached to an aromatic ring is 1. The van der Waals surface area contributed by atoms with Crippen LogP contribution in [0.5, 0.6) is 5.75 Å². The molecule has 0 bridgehead atoms. The summed E-state index contributed by atoms with van der Waals surface area (Å²) < 4.78 is 5.52. The molecular formula is C16H24N2O2. The van der Waals surface area contributed by atoms with Gasteiger partial charge in [0.05, 0.1) is 6.54 Å². The van der Waals surface area contributed by atoms with Crippen molar-refractivity contribution in [1.82, 2.24) is 5.32 Å². The van der Waals surface area contributed by atoms with E-state index in [2.05, 4.69) is 5.32 Å². The number of nitrogens with one attached hydrogen (secondary N) is 1. The standard InChI is InChI=1S/C16H24N2O2/c17-14-6-3-7-15(12-14)20-11-10-18-16(19)9-8-13-4-1-2-5-13/h3,6-7,12-13H,1-2,4-5,8-11,17H2,(H,18,19). The molecule has 1 aliphatic carbocycles. The number of rotatable bonds is 7. The molecule has 110 valence electrons. The van der Waals surface area contributed by atoms with Gasteiger partial charge in [0.25, 0.3) is 0 Å². The Balaban J connectivity index is 1.55. The van der Waals surface area contributed by atoms with Crippen molar-refractivity contribution in [3.63, 3.8) is 0 Å². The number of hydrogen-bond acceptors (Lipinski definition) is 3. The minimum Gasteiger partial charge on any atom is -0.492 e. The fourth-order valence-electron chi connectivity index (χ4n) is 2.69. The van der Waals surface area contributed by atoms with Gasteiger partial charge in [-0.15, -0.1) is 0 Å². The molecule has 4 heteroatoms. The number of carbonyl (C=O) groups is 1. The summed E-state index contributed by atoms with van der Waals surface area (Å²) in [6, 6.07) is 7.31. The van der Waals surface area contributed by atoms with Crippen molar-refractivity contribution in [2.24, 2.45) is 5.92 Å². The van der Waals surface area contributed by atoms with Crippen LogP contribution in [-0.4, -0.2) is 19.1 Å². The van der Waals surface area contributed by atoms with Crippen LogP contribution in [0.2, 0.25) is 0 Å². The molecule has 1 saturated carbocycles. The highest BCUT2D eigenvalue weighted by molar-refractivity contribution is 5.75. The normalized spacial score (nSPS) is 15.2. The van der Waals surface area contributed by atoms with Gasteiger partial charge in [-0.25, -0.2) is 0 Å². The van der Waals surface area contributed by atoms with Gasteiger partial charge in [0, 0.05) is 18.2 Å². The number of amides is 1. The summed E-state index contributed by atoms with van der Waals surface area (Å²) in [6.45, 7) is 1.01. The molecule has 4 nitrogen and oxygen atoms in total. The van der Waals surface area contributed by atoms with E-state index in [1.807, 2.05) is 18.2 Å². The largest absolute Gasteiger partial charge is 0.492 e. The molecule has 3 N–H and O–H groups in total. The summed E-state index contributed by atoms with van der Waals surface area (Å²) >= 11 is 0. The molecule has 20 heavy (non-hydrogen) atoms. The summed E-state index contributed by atoms with van der Waals surface area (Å²) in [6.07, 6.45) is 6.93. The monoisotopic (exact) mass is 276 g/mol. The molecule has 2 rings (SSSR count). The minimum absolute atomic E-state index is 0.132. The van der Waals surface area contributed by atoms with Crippen molar-refractivity contribution >= 4 is 11.6 Å². The second-order valence-corrected chi connectivity index (χ2v) is 5.46. The Kier molecular flexibility index (Phi) is 5.71. The van der Waals surface area contributed by atoms with E-state index < -0.39 is 0 Å². The number of carbonyl (C=O) groups excluding carboxylic acids is 1. The van der Waals surface area contributed by atoms with E-state index >= 15 is 0 Å². The first kappa shape index (κ1) is 14.7. The Hall–Kier alpha value is -1.71. The van der Waals surface area contributed by atoms with Crippen molar-refractivity contribution < 1.29 is 9.53 Å². The summed E-state index contributed by atoms with van der Waals surface area (Å²) in [5.74, 6) is 1.64. The molecule has 0 unspecified atom stereocenters. The highest BCUT2D eigenvalue weighted by Gasteiger charge is 2.15. The van der Waals surface area contributed by atoms with Crippen LogP contribution >= 0.6 is 0 Å². The molecule has 0 aromatic heterocycles. The Morgan fingerprint density at radius 2 is 2.15 bits per heavy atom. The van der Waals surface area contributed by atoms with Crippen LogP contribution < -0.4 is 15.8 Å². The predicted octanol–water partition coefficient (Wildman–Crippen LogP) is 2.73. The molecule has 1 amide bonds. The van der Waals surface area contributed by atoms with Crippen LogP contribution in [0.3, 0.4) is 0 Å². The van der Waals surface area contributed by atoms with Crippen molar-refractivity contribution in [2.75, 3.05) is 18.9 Å². The van der Waals surface area contributed by atoms with Gasteiger partial charge in [-0.2, -0.15) is 0 Å². The molecule has 0 heterocycles. The lowest BCUT2D eigenvalue weighted by atomic mass is 10.0. The fraction of sp³-hybridized carbons (Fsp3) is 0.562. The van der Waals surface area contributed by atoms with Crippen molar-refractivity contribution in [3.05, 3.63) is 24.3 Å². The quantitative estimate of drug-likeness (QED) is 0.594. The lowest BCUT2D eigenvalue weighted by molar-refractivity contribution is -0.121. The molecule has 0 aliphatic heterocycles. The zero-order valence-electron chi connectivity index (χ0n) is 11.9. The van der Waals surface area contributed by atoms with E-state index in [1.54, 1.807) is 6.07 Å². The van der Waals surface area contributed by atoms with E-state index in [9.17, 15) is 4.79 Å². The molecule has 1 aromatic rings. The number of hydrogen-bond donors (Lipinski definition) is 2. The predicted molar refractivity (Wildman–Crippen MR) is 80.6 cm³/mol. The molecule has 1 fully saturated rings. The number of benzene rings is 1. The Labute approximate surface area is 120 Å². The molecular weight excluding hydrogens is 252 g/mol. The first-order valence-electron chi connectivity index (χ1n) is 7.49. The van der Waals surface area contributed by atoms with Gasteiger partial charge in [-0.05, 0) is 24.5 Å². The SMILES string of the molecule is Nc1cccc(OCCNC(=O)CCC2CCCC2)c1. The molecule has 0 spiro atoms. The van der Waals surface area contributed by atoms with Crippen molar-refractivity contribution in [2.45, 2.75) is 38.5 Å². The van der Waals surface area contributed by atoms with E-state index in [-0.39, 0.29) is 5.91 Å². The summed E-state index contributed by atoms with van der Waals surface area (Å²) in [5.41, 5.74) is 6.34. The Morgan fingerprint density at radius 1 is 1.35 bits per heavy atom. The number of anilines is 1. The van der Waals surface area contributed by atoms with E-state index in [4.69, 9.17) is 10.5 Å². The zero-order valence-corrected chi connectivity index (χ0v) is 11.9. The lowest BCUT2D eigenvalue weighted by Crippen LogP contribution is -2.28. The van der Waals surface area contributed by atoms with Gasteiger partial charge in [0.15, 0.2) is 0 Å². The van der Waals surface area contributed by atoms with E-state index in [1.165, 1.54) is 25.7 Å². The van der Waals surface area contributed by atoms with Crippen LogP contribution in [0.4, 0.5) is 5.69 Å². The average Bonchev–Trinajstić information content (AvgIpc) is 2.95. The maximum absolute atomic E-state index is 11.7. The smallest absolute Gasteiger partial charge is 0.220 e. The van der Waals surface area contributed by atoms with Crippen LogP contribution in [0.15, 0.2) is 24.3 Å². The first-order valence-corrected chi connectivity index (χ1v) is 7.49. The van der Waals surface area contributed by atoms with Gasteiger partial charge >= 0.3 is 0 Å². The third-order valence-corrected chi connectivity index (χ3v) is 3.81. The van der Waals surface area contributed by atoms with Gasteiger partial charge in [-0.3, -0.25) is 4.79 Å². The topological polar surface area (TPSA) is 64.3 Å². The van der Waals surface area contributed by atoms with Crippen LogP contribution in [-0.2, 0) is 4.79 Å². The number of nitrogens with two attached hydrogens (primary N) is 1. The Bertz CT molecular complexity index is 428. The minimum atomic E-state index is 0.132. The number of ether oxygens (including phenoxy) is 1.